The molecule has 1 N–H and O–H groups in total. The topological polar surface area (TPSA) is 38.3 Å². The van der Waals surface area contributed by atoms with Crippen molar-refractivity contribution in [1.82, 2.24) is 5.32 Å². The van der Waals surface area contributed by atoms with Crippen LogP contribution in [-0.2, 0) is 11.3 Å². The summed E-state index contributed by atoms with van der Waals surface area (Å²) in [6.45, 7) is 2.19. The van der Waals surface area contributed by atoms with Gasteiger partial charge >= 0.3 is 0 Å². The van der Waals surface area contributed by atoms with E-state index in [9.17, 15) is 9.18 Å². The van der Waals surface area contributed by atoms with E-state index in [4.69, 9.17) is 4.74 Å². The molecule has 1 amide bonds. The zero-order valence-corrected chi connectivity index (χ0v) is 13.1. The number of carbonyl (C=O) groups excluding carboxylic acids is 1. The second-order valence-corrected chi connectivity index (χ2v) is 5.48. The Morgan fingerprint density at radius 3 is 2.76 bits per heavy atom. The van der Waals surface area contributed by atoms with Gasteiger partial charge in [0.05, 0.1) is 0 Å². The highest BCUT2D eigenvalue weighted by atomic mass is 79.9. The molecule has 0 fully saturated rings. The summed E-state index contributed by atoms with van der Waals surface area (Å²) in [5, 5.41) is 2.75. The van der Waals surface area contributed by atoms with Gasteiger partial charge in [0.1, 0.15) is 0 Å². The fourth-order valence-electron chi connectivity index (χ4n) is 1.79. The second-order valence-electron chi connectivity index (χ2n) is 4.57. The summed E-state index contributed by atoms with van der Waals surface area (Å²) in [6, 6.07) is 12.2. The van der Waals surface area contributed by atoms with Crippen molar-refractivity contribution in [1.29, 1.82) is 0 Å². The molecule has 2 aromatic carbocycles. The summed E-state index contributed by atoms with van der Waals surface area (Å²) < 4.78 is 19.3. The maximum Gasteiger partial charge on any atom is 0.258 e. The molecule has 0 spiro atoms. The Bertz CT molecular complexity index is 646. The Labute approximate surface area is 131 Å². The lowest BCUT2D eigenvalue weighted by atomic mass is 10.1. The summed E-state index contributed by atoms with van der Waals surface area (Å²) in [4.78, 5) is 11.7. The van der Waals surface area contributed by atoms with Crippen molar-refractivity contribution in [3.63, 3.8) is 0 Å². The van der Waals surface area contributed by atoms with Crippen LogP contribution in [0.3, 0.4) is 0 Å². The zero-order chi connectivity index (χ0) is 15.2. The lowest BCUT2D eigenvalue weighted by Gasteiger charge is -2.09. The summed E-state index contributed by atoms with van der Waals surface area (Å²) in [5.74, 6) is -0.735. The third kappa shape index (κ3) is 4.56. The minimum absolute atomic E-state index is 0.0595. The van der Waals surface area contributed by atoms with Crippen LogP contribution in [0.4, 0.5) is 4.39 Å². The van der Waals surface area contributed by atoms with Crippen LogP contribution < -0.4 is 10.1 Å². The molecule has 2 rings (SSSR count). The van der Waals surface area contributed by atoms with Gasteiger partial charge in [-0.3, -0.25) is 4.79 Å². The quantitative estimate of drug-likeness (QED) is 0.893. The molecule has 5 heteroatoms. The molecule has 0 saturated heterocycles. The molecule has 0 aliphatic carbocycles. The average molecular weight is 352 g/mol. The van der Waals surface area contributed by atoms with Crippen LogP contribution >= 0.6 is 15.9 Å². The Morgan fingerprint density at radius 1 is 1.29 bits per heavy atom. The maximum atomic E-state index is 13.5. The molecular formula is C16H15BrFNO2. The minimum atomic E-state index is -0.504. The van der Waals surface area contributed by atoms with Gasteiger partial charge in [-0.15, -0.1) is 0 Å². The van der Waals surface area contributed by atoms with Crippen molar-refractivity contribution >= 4 is 21.8 Å². The Hall–Kier alpha value is -1.88. The van der Waals surface area contributed by atoms with E-state index >= 15 is 0 Å². The van der Waals surface area contributed by atoms with Crippen LogP contribution in [-0.4, -0.2) is 12.5 Å². The Kier molecular flexibility index (Phi) is 5.33. The van der Waals surface area contributed by atoms with Crippen LogP contribution in [0, 0.1) is 12.7 Å². The third-order valence-electron chi connectivity index (χ3n) is 2.99. The van der Waals surface area contributed by atoms with Crippen molar-refractivity contribution < 1.29 is 13.9 Å². The summed E-state index contributed by atoms with van der Waals surface area (Å²) in [6.07, 6.45) is 0. The predicted molar refractivity (Wildman–Crippen MR) is 82.6 cm³/mol. The fraction of sp³-hybridized carbons (Fsp3) is 0.188. The number of hydrogen-bond acceptors (Lipinski definition) is 2. The zero-order valence-electron chi connectivity index (χ0n) is 11.5. The molecular weight excluding hydrogens is 337 g/mol. The lowest BCUT2D eigenvalue weighted by molar-refractivity contribution is -0.123. The lowest BCUT2D eigenvalue weighted by Crippen LogP contribution is -2.28. The monoisotopic (exact) mass is 351 g/mol. The van der Waals surface area contributed by atoms with Gasteiger partial charge < -0.3 is 10.1 Å². The molecule has 110 valence electrons. The highest BCUT2D eigenvalue weighted by Gasteiger charge is 2.07. The van der Waals surface area contributed by atoms with E-state index in [1.54, 1.807) is 6.07 Å². The Balaban J connectivity index is 1.84. The second kappa shape index (κ2) is 7.22. The molecule has 21 heavy (non-hydrogen) atoms. The normalized spacial score (nSPS) is 10.2. The first-order valence-electron chi connectivity index (χ1n) is 6.45. The molecule has 0 atom stereocenters. The van der Waals surface area contributed by atoms with Gasteiger partial charge in [0, 0.05) is 11.0 Å². The predicted octanol–water partition coefficient (Wildman–Crippen LogP) is 3.59. The minimum Gasteiger partial charge on any atom is -0.481 e. The highest BCUT2D eigenvalue weighted by Crippen LogP contribution is 2.21. The highest BCUT2D eigenvalue weighted by molar-refractivity contribution is 9.10. The Morgan fingerprint density at radius 2 is 2.05 bits per heavy atom. The molecule has 0 heterocycles. The summed E-state index contributed by atoms with van der Waals surface area (Å²) in [5.41, 5.74) is 2.15. The summed E-state index contributed by atoms with van der Waals surface area (Å²) in [7, 11) is 0. The standard InChI is InChI=1S/C16H15BrFNO2/c1-11-4-2-3-5-12(11)9-19-16(20)10-21-15-7-6-13(17)8-14(15)18/h2-8H,9-10H2,1H3,(H,19,20). The van der Waals surface area contributed by atoms with E-state index in [1.165, 1.54) is 12.1 Å². The third-order valence-corrected chi connectivity index (χ3v) is 3.48. The number of benzene rings is 2. The molecule has 0 aliphatic rings. The first kappa shape index (κ1) is 15.5. The van der Waals surface area contributed by atoms with Crippen molar-refractivity contribution in [2.75, 3.05) is 6.61 Å². The number of carbonyl (C=O) groups is 1. The molecule has 0 aliphatic heterocycles. The van der Waals surface area contributed by atoms with Crippen LogP contribution in [0.2, 0.25) is 0 Å². The maximum absolute atomic E-state index is 13.5. The van der Waals surface area contributed by atoms with E-state index in [1.807, 2.05) is 31.2 Å². The number of hydrogen-bond donors (Lipinski definition) is 1. The summed E-state index contributed by atoms with van der Waals surface area (Å²) >= 11 is 3.16. The smallest absolute Gasteiger partial charge is 0.258 e. The van der Waals surface area contributed by atoms with Gasteiger partial charge in [-0.1, -0.05) is 40.2 Å². The SMILES string of the molecule is Cc1ccccc1CNC(=O)COc1ccc(Br)cc1F. The van der Waals surface area contributed by atoms with Gasteiger partial charge in [0.25, 0.3) is 5.91 Å². The first-order chi connectivity index (χ1) is 10.1. The van der Waals surface area contributed by atoms with E-state index in [-0.39, 0.29) is 18.3 Å². The van der Waals surface area contributed by atoms with Crippen LogP contribution in [0.15, 0.2) is 46.9 Å². The number of rotatable bonds is 5. The number of ether oxygens (including phenoxy) is 1. The van der Waals surface area contributed by atoms with Crippen molar-refractivity contribution in [2.45, 2.75) is 13.5 Å². The van der Waals surface area contributed by atoms with Gasteiger partial charge in [-0.2, -0.15) is 0 Å². The molecule has 3 nitrogen and oxygen atoms in total. The first-order valence-corrected chi connectivity index (χ1v) is 7.24. The van der Waals surface area contributed by atoms with Crippen molar-refractivity contribution in [3.8, 4) is 5.75 Å². The molecule has 0 bridgehead atoms. The van der Waals surface area contributed by atoms with Gasteiger partial charge in [-0.05, 0) is 36.2 Å². The fourth-order valence-corrected chi connectivity index (χ4v) is 2.12. The van der Waals surface area contributed by atoms with E-state index in [0.29, 0.717) is 11.0 Å². The van der Waals surface area contributed by atoms with Crippen LogP contribution in [0.1, 0.15) is 11.1 Å². The van der Waals surface area contributed by atoms with Gasteiger partial charge in [0.15, 0.2) is 18.2 Å². The number of halogens is 2. The number of amides is 1. The number of aryl methyl sites for hydroxylation is 1. The van der Waals surface area contributed by atoms with E-state index in [0.717, 1.165) is 11.1 Å². The number of nitrogens with one attached hydrogen (secondary N) is 1. The molecule has 0 radical (unpaired) electrons. The van der Waals surface area contributed by atoms with Crippen LogP contribution in [0.25, 0.3) is 0 Å². The van der Waals surface area contributed by atoms with Crippen molar-refractivity contribution in [2.24, 2.45) is 0 Å². The largest absolute Gasteiger partial charge is 0.481 e. The van der Waals surface area contributed by atoms with Gasteiger partial charge in [-0.25, -0.2) is 4.39 Å². The molecule has 2 aromatic rings. The van der Waals surface area contributed by atoms with E-state index < -0.39 is 5.82 Å². The average Bonchev–Trinajstić information content (AvgIpc) is 2.45. The molecule has 0 saturated carbocycles. The van der Waals surface area contributed by atoms with Crippen LogP contribution in [0.5, 0.6) is 5.75 Å². The van der Waals surface area contributed by atoms with E-state index in [2.05, 4.69) is 21.2 Å². The van der Waals surface area contributed by atoms with Crippen molar-refractivity contribution in [3.05, 3.63) is 63.9 Å². The van der Waals surface area contributed by atoms with Gasteiger partial charge in [0.2, 0.25) is 0 Å². The molecule has 0 aromatic heterocycles. The molecule has 0 unspecified atom stereocenters.